The van der Waals surface area contributed by atoms with E-state index in [2.05, 4.69) is 19.9 Å². The fraction of sp³-hybridized carbons (Fsp3) is 0.154. The molecule has 2 N–H and O–H groups in total. The highest BCUT2D eigenvalue weighted by Gasteiger charge is 2.22. The van der Waals surface area contributed by atoms with Crippen LogP contribution >= 0.6 is 11.3 Å². The predicted molar refractivity (Wildman–Crippen MR) is 143 cm³/mol. The Morgan fingerprint density at radius 2 is 1.95 bits per heavy atom. The van der Waals surface area contributed by atoms with E-state index in [0.29, 0.717) is 38.1 Å². The molecule has 0 spiro atoms. The van der Waals surface area contributed by atoms with E-state index in [0.717, 1.165) is 10.6 Å². The molecule has 0 saturated heterocycles. The van der Waals surface area contributed by atoms with Crippen LogP contribution in [0.2, 0.25) is 0 Å². The molecule has 0 atom stereocenters. The number of halogens is 2. The number of hydrogen-bond donors (Lipinski definition) is 1. The molecule has 0 bridgehead atoms. The first kappa shape index (κ1) is 24.6. The van der Waals surface area contributed by atoms with Gasteiger partial charge in [0.25, 0.3) is 10.8 Å². The Kier molecular flexibility index (Phi) is 5.99. The van der Waals surface area contributed by atoms with Crippen LogP contribution in [0.4, 0.5) is 14.6 Å². The van der Waals surface area contributed by atoms with E-state index in [1.165, 1.54) is 48.0 Å². The highest BCUT2D eigenvalue weighted by atomic mass is 32.1. The number of nitrogens with zero attached hydrogens (tertiary/aromatic N) is 7. The zero-order valence-corrected chi connectivity index (χ0v) is 21.5. The molecule has 0 unspecified atom stereocenters. The second-order valence-electron chi connectivity index (χ2n) is 8.95. The molecule has 39 heavy (non-hydrogen) atoms. The number of ether oxygens (including phenoxy) is 1. The lowest BCUT2D eigenvalue weighted by molar-refractivity contribution is 0.241. The van der Waals surface area contributed by atoms with Crippen LogP contribution in [0, 0.1) is 11.6 Å². The van der Waals surface area contributed by atoms with Gasteiger partial charge in [-0.3, -0.25) is 9.20 Å². The van der Waals surface area contributed by atoms with Crippen LogP contribution < -0.4 is 16.0 Å². The third-order valence-corrected chi connectivity index (χ3v) is 6.78. The first-order chi connectivity index (χ1) is 18.8. The highest BCUT2D eigenvalue weighted by molar-refractivity contribution is 7.16. The van der Waals surface area contributed by atoms with Gasteiger partial charge in [0, 0.05) is 6.20 Å². The van der Waals surface area contributed by atoms with Crippen LogP contribution in [0.25, 0.3) is 38.4 Å². The van der Waals surface area contributed by atoms with E-state index >= 15 is 0 Å². The zero-order chi connectivity index (χ0) is 27.3. The van der Waals surface area contributed by atoms with Crippen molar-refractivity contribution in [2.75, 3.05) is 5.73 Å². The molecule has 1 aromatic carbocycles. The normalized spacial score (nSPS) is 11.6. The Morgan fingerprint density at radius 3 is 2.74 bits per heavy atom. The van der Waals surface area contributed by atoms with Crippen molar-refractivity contribution in [2.24, 2.45) is 0 Å². The van der Waals surface area contributed by atoms with E-state index in [9.17, 15) is 13.6 Å². The van der Waals surface area contributed by atoms with Crippen LogP contribution in [-0.2, 0) is 6.54 Å². The summed E-state index contributed by atoms with van der Waals surface area (Å²) in [4.78, 5) is 31.7. The molecule has 0 amide bonds. The Bertz CT molecular complexity index is 1930. The molecule has 5 heterocycles. The van der Waals surface area contributed by atoms with E-state index < -0.39 is 17.2 Å². The van der Waals surface area contributed by atoms with Gasteiger partial charge in [-0.25, -0.2) is 33.4 Å². The lowest BCUT2D eigenvalue weighted by atomic mass is 10.0. The molecule has 6 rings (SSSR count). The molecule has 13 heteroatoms. The lowest BCUT2D eigenvalue weighted by Crippen LogP contribution is -2.22. The number of hydrogen-bond acceptors (Lipinski definition) is 9. The summed E-state index contributed by atoms with van der Waals surface area (Å²) in [6.07, 6.45) is 3.94. The molecule has 0 aliphatic carbocycles. The standard InChI is InChI=1S/C26H20F2N8O2S/c1-13(2)38-26-30-9-18(39-26)22-21-23(29)31-12-32-24(21)36(34-22)11-17-20(14-4-3-5-15(27)8-14)25(37)35-10-16(28)6-7-19(35)33-17/h3-10,12-13H,11H2,1-2H3,(H2,29,31,32). The molecule has 0 radical (unpaired) electrons. The molecule has 0 fully saturated rings. The van der Waals surface area contributed by atoms with Crippen LogP contribution in [0.3, 0.4) is 0 Å². The molecular weight excluding hydrogens is 526 g/mol. The molecule has 0 aliphatic heterocycles. The summed E-state index contributed by atoms with van der Waals surface area (Å²) in [5.74, 6) is -0.919. The van der Waals surface area contributed by atoms with E-state index in [1.807, 2.05) is 13.8 Å². The zero-order valence-electron chi connectivity index (χ0n) is 20.7. The maximum absolute atomic E-state index is 14.2. The molecule has 196 valence electrons. The summed E-state index contributed by atoms with van der Waals surface area (Å²) < 4.78 is 36.6. The average molecular weight is 547 g/mol. The smallest absolute Gasteiger partial charge is 0.274 e. The fourth-order valence-corrected chi connectivity index (χ4v) is 5.17. The Balaban J connectivity index is 1.55. The van der Waals surface area contributed by atoms with Crippen LogP contribution in [0.5, 0.6) is 5.19 Å². The van der Waals surface area contributed by atoms with E-state index in [4.69, 9.17) is 15.6 Å². The number of aromatic nitrogens is 7. The van der Waals surface area contributed by atoms with Crippen molar-refractivity contribution in [3.05, 3.63) is 82.8 Å². The van der Waals surface area contributed by atoms with Gasteiger partial charge in [-0.15, -0.1) is 0 Å². The van der Waals surface area contributed by atoms with Gasteiger partial charge in [0.15, 0.2) is 5.65 Å². The number of pyridine rings is 1. The number of benzene rings is 1. The summed E-state index contributed by atoms with van der Waals surface area (Å²) in [6.45, 7) is 3.79. The van der Waals surface area contributed by atoms with Crippen LogP contribution in [0.1, 0.15) is 19.5 Å². The minimum absolute atomic E-state index is 0.0178. The highest BCUT2D eigenvalue weighted by Crippen LogP contribution is 2.36. The second kappa shape index (κ2) is 9.51. The first-order valence-electron chi connectivity index (χ1n) is 11.8. The summed E-state index contributed by atoms with van der Waals surface area (Å²) in [7, 11) is 0. The van der Waals surface area contributed by atoms with Crippen molar-refractivity contribution in [1.29, 1.82) is 0 Å². The number of rotatable bonds is 6. The predicted octanol–water partition coefficient (Wildman–Crippen LogP) is 4.32. The Labute approximate surface area is 223 Å². The number of fused-ring (bicyclic) bond motifs is 2. The maximum atomic E-state index is 14.2. The largest absolute Gasteiger partial charge is 0.467 e. The third kappa shape index (κ3) is 4.46. The number of nitrogens with two attached hydrogens (primary N) is 1. The summed E-state index contributed by atoms with van der Waals surface area (Å²) in [5, 5.41) is 5.73. The minimum Gasteiger partial charge on any atom is -0.467 e. The minimum atomic E-state index is -0.607. The van der Waals surface area contributed by atoms with Gasteiger partial charge in [-0.05, 0) is 43.7 Å². The number of nitrogen functional groups attached to an aromatic ring is 1. The summed E-state index contributed by atoms with van der Waals surface area (Å²) >= 11 is 1.30. The topological polar surface area (TPSA) is 126 Å². The van der Waals surface area contributed by atoms with Gasteiger partial charge in [-0.2, -0.15) is 5.10 Å². The van der Waals surface area contributed by atoms with Crippen LogP contribution in [-0.4, -0.2) is 40.2 Å². The van der Waals surface area contributed by atoms with E-state index in [-0.39, 0.29) is 29.7 Å². The van der Waals surface area contributed by atoms with E-state index in [1.54, 1.807) is 16.9 Å². The van der Waals surface area contributed by atoms with Crippen molar-refractivity contribution in [2.45, 2.75) is 26.5 Å². The van der Waals surface area contributed by atoms with Gasteiger partial charge >= 0.3 is 0 Å². The quantitative estimate of drug-likeness (QED) is 0.327. The molecular formula is C26H20F2N8O2S. The monoisotopic (exact) mass is 546 g/mol. The summed E-state index contributed by atoms with van der Waals surface area (Å²) in [5.41, 5.74) is 7.50. The average Bonchev–Trinajstić information content (AvgIpc) is 3.50. The van der Waals surface area contributed by atoms with Crippen LogP contribution in [0.15, 0.2) is 59.9 Å². The Morgan fingerprint density at radius 1 is 1.10 bits per heavy atom. The van der Waals surface area contributed by atoms with Gasteiger partial charge in [-0.1, -0.05) is 23.5 Å². The number of anilines is 1. The van der Waals surface area contributed by atoms with Gasteiger partial charge in [0.2, 0.25) is 0 Å². The van der Waals surface area contributed by atoms with Crippen molar-refractivity contribution in [3.63, 3.8) is 0 Å². The third-order valence-electron chi connectivity index (χ3n) is 5.89. The molecule has 10 nitrogen and oxygen atoms in total. The maximum Gasteiger partial charge on any atom is 0.274 e. The number of thiazole rings is 1. The molecule has 0 saturated carbocycles. The first-order valence-corrected chi connectivity index (χ1v) is 12.7. The fourth-order valence-electron chi connectivity index (χ4n) is 4.29. The summed E-state index contributed by atoms with van der Waals surface area (Å²) in [6, 6.07) is 8.20. The van der Waals surface area contributed by atoms with Crippen molar-refractivity contribution in [3.8, 4) is 26.9 Å². The Hall–Kier alpha value is -4.78. The lowest BCUT2D eigenvalue weighted by Gasteiger charge is -2.12. The van der Waals surface area contributed by atoms with Crippen molar-refractivity contribution in [1.82, 2.24) is 34.1 Å². The molecule has 6 aromatic rings. The van der Waals surface area contributed by atoms with Crippen molar-refractivity contribution < 1.29 is 13.5 Å². The van der Waals surface area contributed by atoms with Gasteiger partial charge in [0.1, 0.15) is 35.1 Å². The van der Waals surface area contributed by atoms with Crippen molar-refractivity contribution >= 4 is 33.8 Å². The second-order valence-corrected chi connectivity index (χ2v) is 9.94. The molecule has 0 aliphatic rings. The van der Waals surface area contributed by atoms with Gasteiger partial charge < -0.3 is 10.5 Å². The van der Waals surface area contributed by atoms with Gasteiger partial charge in [0.05, 0.1) is 40.4 Å². The molecule has 5 aromatic heterocycles. The SMILES string of the molecule is CC(C)Oc1ncc(-c2nn(Cc3nc4ccc(F)cn4c(=O)c3-c3cccc(F)c3)c3ncnc(N)c23)s1.